The Kier molecular flexibility index (Phi) is 5.26. The third-order valence-electron chi connectivity index (χ3n) is 4.73. The van der Waals surface area contributed by atoms with E-state index in [0.717, 1.165) is 0 Å². The van der Waals surface area contributed by atoms with Crippen LogP contribution in [0.25, 0.3) is 11.1 Å². The van der Waals surface area contributed by atoms with E-state index < -0.39 is 5.75 Å². The monoisotopic (exact) mass is 432 g/mol. The van der Waals surface area contributed by atoms with Crippen molar-refractivity contribution in [2.45, 2.75) is 0 Å². The number of anilines is 2. The molecule has 0 aliphatic rings. The summed E-state index contributed by atoms with van der Waals surface area (Å²) in [7, 11) is 0. The molecule has 0 amide bonds. The number of para-hydroxylation sites is 4. The molecule has 0 aliphatic carbocycles. The number of benzene rings is 4. The van der Waals surface area contributed by atoms with Crippen LogP contribution < -0.4 is 20.9 Å². The first-order chi connectivity index (χ1) is 15.3. The minimum Gasteiger partial charge on any atom is -0.507 e. The van der Waals surface area contributed by atoms with E-state index in [0.29, 0.717) is 5.69 Å². The Morgan fingerprint density at radius 2 is 1.16 bits per heavy atom. The summed E-state index contributed by atoms with van der Waals surface area (Å²) >= 11 is 0. The molecular formula is C24H20N2O6. The van der Waals surface area contributed by atoms with E-state index in [2.05, 4.69) is 0 Å². The van der Waals surface area contributed by atoms with E-state index >= 15 is 0 Å². The third kappa shape index (κ3) is 3.84. The van der Waals surface area contributed by atoms with Gasteiger partial charge in [0.15, 0.2) is 40.2 Å². The molecule has 0 spiro atoms. The molecule has 0 saturated heterocycles. The van der Waals surface area contributed by atoms with Crippen LogP contribution in [0.3, 0.4) is 0 Å². The highest BCUT2D eigenvalue weighted by Gasteiger charge is 2.23. The lowest BCUT2D eigenvalue weighted by molar-refractivity contribution is 0.382. The largest absolute Gasteiger partial charge is 0.507 e. The van der Waals surface area contributed by atoms with Crippen molar-refractivity contribution in [1.82, 2.24) is 0 Å². The number of rotatable bonds is 5. The molecule has 0 aliphatic heterocycles. The third-order valence-corrected chi connectivity index (χ3v) is 4.73. The highest BCUT2D eigenvalue weighted by atomic mass is 16.5. The second-order valence-corrected chi connectivity index (χ2v) is 6.93. The number of ether oxygens (including phenoxy) is 2. The molecule has 8 heteroatoms. The first kappa shape index (κ1) is 20.5. The predicted molar refractivity (Wildman–Crippen MR) is 120 cm³/mol. The van der Waals surface area contributed by atoms with E-state index in [1.54, 1.807) is 30.3 Å². The average Bonchev–Trinajstić information content (AvgIpc) is 2.76. The Morgan fingerprint density at radius 3 is 1.75 bits per heavy atom. The summed E-state index contributed by atoms with van der Waals surface area (Å²) in [6, 6.07) is 18.2. The highest BCUT2D eigenvalue weighted by Crippen LogP contribution is 2.51. The standard InChI is InChI=1S/C24H20N2O6/c25-13-9-10-14(18(29)11-13)15-12-21(31-19-7-3-1-5-16(19)27)22(26)24(23(15)30)32-20-8-4-2-6-17(20)28/h1-12,27-30H,25-26H2. The molecule has 32 heavy (non-hydrogen) atoms. The second kappa shape index (κ2) is 8.19. The molecule has 4 aromatic carbocycles. The number of nitrogen functional groups attached to an aromatic ring is 2. The summed E-state index contributed by atoms with van der Waals surface area (Å²) in [5.41, 5.74) is 12.6. The van der Waals surface area contributed by atoms with Gasteiger partial charge in [0, 0.05) is 22.9 Å². The molecule has 0 radical (unpaired) electrons. The van der Waals surface area contributed by atoms with Gasteiger partial charge in [-0.3, -0.25) is 0 Å². The van der Waals surface area contributed by atoms with Crippen LogP contribution in [-0.2, 0) is 0 Å². The molecule has 0 atom stereocenters. The van der Waals surface area contributed by atoms with Gasteiger partial charge in [0.1, 0.15) is 11.4 Å². The van der Waals surface area contributed by atoms with Crippen molar-refractivity contribution in [2.75, 3.05) is 11.5 Å². The summed E-state index contributed by atoms with van der Waals surface area (Å²) in [6.45, 7) is 0. The summed E-state index contributed by atoms with van der Waals surface area (Å²) in [5, 5.41) is 41.6. The molecule has 8 nitrogen and oxygen atoms in total. The van der Waals surface area contributed by atoms with Gasteiger partial charge >= 0.3 is 0 Å². The fraction of sp³-hybridized carbons (Fsp3) is 0. The van der Waals surface area contributed by atoms with E-state index in [9.17, 15) is 20.4 Å². The maximum Gasteiger partial charge on any atom is 0.196 e. The Bertz CT molecular complexity index is 1310. The molecule has 0 fully saturated rings. The quantitative estimate of drug-likeness (QED) is 0.243. The fourth-order valence-electron chi connectivity index (χ4n) is 3.12. The molecule has 0 saturated carbocycles. The number of nitrogens with two attached hydrogens (primary N) is 2. The average molecular weight is 432 g/mol. The SMILES string of the molecule is Nc1ccc(-c2cc(Oc3ccccc3O)c(N)c(Oc3ccccc3O)c2O)c(O)c1. The predicted octanol–water partition coefficient (Wildman–Crippen LogP) is 4.93. The summed E-state index contributed by atoms with van der Waals surface area (Å²) in [6.07, 6.45) is 0. The van der Waals surface area contributed by atoms with Gasteiger partial charge in [0.25, 0.3) is 0 Å². The van der Waals surface area contributed by atoms with Gasteiger partial charge in [0.05, 0.1) is 0 Å². The topological polar surface area (TPSA) is 151 Å². The van der Waals surface area contributed by atoms with E-state index in [1.807, 2.05) is 0 Å². The van der Waals surface area contributed by atoms with Crippen LogP contribution in [-0.4, -0.2) is 20.4 Å². The van der Waals surface area contributed by atoms with Crippen molar-refractivity contribution in [3.05, 3.63) is 72.8 Å². The zero-order valence-corrected chi connectivity index (χ0v) is 16.7. The summed E-state index contributed by atoms with van der Waals surface area (Å²) in [5.74, 6) is -0.878. The highest BCUT2D eigenvalue weighted by molar-refractivity contribution is 5.86. The van der Waals surface area contributed by atoms with Crippen LogP contribution in [0.4, 0.5) is 11.4 Å². The van der Waals surface area contributed by atoms with E-state index in [-0.39, 0.29) is 57.1 Å². The first-order valence-electron chi connectivity index (χ1n) is 9.51. The molecule has 8 N–H and O–H groups in total. The Balaban J connectivity index is 1.91. The van der Waals surface area contributed by atoms with Crippen LogP contribution in [0.5, 0.6) is 46.0 Å². The minimum absolute atomic E-state index is 0.0425. The molecule has 0 aromatic heterocycles. The number of phenols is 4. The van der Waals surface area contributed by atoms with Crippen molar-refractivity contribution in [3.63, 3.8) is 0 Å². The van der Waals surface area contributed by atoms with Crippen LogP contribution in [0.15, 0.2) is 72.8 Å². The summed E-state index contributed by atoms with van der Waals surface area (Å²) in [4.78, 5) is 0. The smallest absolute Gasteiger partial charge is 0.196 e. The van der Waals surface area contributed by atoms with Crippen molar-refractivity contribution in [1.29, 1.82) is 0 Å². The Morgan fingerprint density at radius 1 is 0.562 bits per heavy atom. The van der Waals surface area contributed by atoms with Crippen molar-refractivity contribution in [2.24, 2.45) is 0 Å². The van der Waals surface area contributed by atoms with Crippen molar-refractivity contribution >= 4 is 11.4 Å². The minimum atomic E-state index is -0.393. The maximum absolute atomic E-state index is 11.0. The first-order valence-corrected chi connectivity index (χ1v) is 9.51. The number of hydrogen-bond donors (Lipinski definition) is 6. The number of aromatic hydroxyl groups is 4. The van der Waals surface area contributed by atoms with E-state index in [4.69, 9.17) is 20.9 Å². The van der Waals surface area contributed by atoms with Gasteiger partial charge < -0.3 is 41.4 Å². The van der Waals surface area contributed by atoms with Gasteiger partial charge in [0.2, 0.25) is 0 Å². The molecule has 4 rings (SSSR count). The lowest BCUT2D eigenvalue weighted by Crippen LogP contribution is -1.99. The van der Waals surface area contributed by atoms with Gasteiger partial charge in [-0.1, -0.05) is 24.3 Å². The zero-order chi connectivity index (χ0) is 22.8. The van der Waals surface area contributed by atoms with Crippen molar-refractivity contribution < 1.29 is 29.9 Å². The molecule has 162 valence electrons. The van der Waals surface area contributed by atoms with Crippen molar-refractivity contribution in [3.8, 4) is 57.1 Å². The normalized spacial score (nSPS) is 10.6. The second-order valence-electron chi connectivity index (χ2n) is 6.93. The molecular weight excluding hydrogens is 412 g/mol. The molecule has 0 heterocycles. The molecule has 0 unspecified atom stereocenters. The summed E-state index contributed by atoms with van der Waals surface area (Å²) < 4.78 is 11.5. The Hall–Kier alpha value is -4.72. The Labute approximate surface area is 183 Å². The van der Waals surface area contributed by atoms with Gasteiger partial charge in [-0.05, 0) is 42.5 Å². The van der Waals surface area contributed by atoms with Gasteiger partial charge in [-0.25, -0.2) is 0 Å². The lowest BCUT2D eigenvalue weighted by Gasteiger charge is -2.19. The fourth-order valence-corrected chi connectivity index (χ4v) is 3.12. The van der Waals surface area contributed by atoms with Gasteiger partial charge in [-0.15, -0.1) is 0 Å². The van der Waals surface area contributed by atoms with Crippen LogP contribution in [0.1, 0.15) is 0 Å². The van der Waals surface area contributed by atoms with Crippen LogP contribution in [0.2, 0.25) is 0 Å². The van der Waals surface area contributed by atoms with Crippen LogP contribution in [0, 0.1) is 0 Å². The maximum atomic E-state index is 11.0. The number of phenolic OH excluding ortho intramolecular Hbond substituents is 4. The number of hydrogen-bond acceptors (Lipinski definition) is 8. The molecule has 4 aromatic rings. The molecule has 0 bridgehead atoms. The van der Waals surface area contributed by atoms with Crippen LogP contribution >= 0.6 is 0 Å². The zero-order valence-electron chi connectivity index (χ0n) is 16.7. The van der Waals surface area contributed by atoms with Gasteiger partial charge in [-0.2, -0.15) is 0 Å². The lowest BCUT2D eigenvalue weighted by atomic mass is 10.0. The van der Waals surface area contributed by atoms with E-state index in [1.165, 1.54) is 42.5 Å².